The maximum absolute atomic E-state index is 13.2. The molecule has 7 nitrogen and oxygen atoms in total. The van der Waals surface area contributed by atoms with Crippen LogP contribution in [0.15, 0.2) is 29.8 Å². The summed E-state index contributed by atoms with van der Waals surface area (Å²) in [6, 6.07) is 5.14. The van der Waals surface area contributed by atoms with Gasteiger partial charge in [0, 0.05) is 24.5 Å². The lowest BCUT2D eigenvalue weighted by Crippen LogP contribution is -2.42. The van der Waals surface area contributed by atoms with Crippen molar-refractivity contribution < 1.29 is 19.1 Å². The van der Waals surface area contributed by atoms with Crippen LogP contribution in [0, 0.1) is 0 Å². The van der Waals surface area contributed by atoms with E-state index >= 15 is 0 Å². The van der Waals surface area contributed by atoms with Gasteiger partial charge in [-0.1, -0.05) is 6.07 Å². The first kappa shape index (κ1) is 17.2. The van der Waals surface area contributed by atoms with E-state index in [1.165, 1.54) is 30.5 Å². The fraction of sp³-hybridized carbons (Fsp3) is 0.353. The number of benzene rings is 1. The Bertz CT molecular complexity index is 763. The molecular formula is C17H19N3O4S. The summed E-state index contributed by atoms with van der Waals surface area (Å²) in [4.78, 5) is 32.6. The van der Waals surface area contributed by atoms with Gasteiger partial charge in [-0.15, -0.1) is 11.3 Å². The average Bonchev–Trinajstić information content (AvgIpc) is 3.30. The molecule has 0 bridgehead atoms. The van der Waals surface area contributed by atoms with Gasteiger partial charge in [0.25, 0.3) is 5.91 Å². The minimum Gasteiger partial charge on any atom is -0.493 e. The van der Waals surface area contributed by atoms with Crippen molar-refractivity contribution in [2.45, 2.75) is 12.8 Å². The van der Waals surface area contributed by atoms with Crippen LogP contribution in [0.1, 0.15) is 23.2 Å². The van der Waals surface area contributed by atoms with Crippen LogP contribution in [0.5, 0.6) is 11.5 Å². The third-order valence-corrected chi connectivity index (χ3v) is 4.81. The number of para-hydroxylation sites is 1. The monoisotopic (exact) mass is 361 g/mol. The molecule has 8 heteroatoms. The van der Waals surface area contributed by atoms with E-state index in [1.54, 1.807) is 34.7 Å². The molecule has 1 aliphatic rings. The number of aromatic nitrogens is 1. The molecule has 0 atom stereocenters. The van der Waals surface area contributed by atoms with Gasteiger partial charge in [-0.05, 0) is 18.6 Å². The molecule has 25 heavy (non-hydrogen) atoms. The second kappa shape index (κ2) is 7.52. The maximum atomic E-state index is 13.2. The second-order valence-corrected chi connectivity index (χ2v) is 6.36. The van der Waals surface area contributed by atoms with Crippen molar-refractivity contribution in [3.63, 3.8) is 0 Å². The number of carbonyl (C=O) groups excluding carboxylic acids is 2. The van der Waals surface area contributed by atoms with Gasteiger partial charge in [0.2, 0.25) is 5.91 Å². The number of nitrogens with zero attached hydrogens (tertiary/aromatic N) is 3. The third kappa shape index (κ3) is 3.43. The average molecular weight is 361 g/mol. The van der Waals surface area contributed by atoms with E-state index in [9.17, 15) is 9.59 Å². The molecule has 132 valence electrons. The summed E-state index contributed by atoms with van der Waals surface area (Å²) in [5.74, 6) is 0.603. The largest absolute Gasteiger partial charge is 0.493 e. The molecule has 3 rings (SSSR count). The highest BCUT2D eigenvalue weighted by Gasteiger charge is 2.29. The summed E-state index contributed by atoms with van der Waals surface area (Å²) < 4.78 is 10.7. The van der Waals surface area contributed by atoms with Crippen LogP contribution in [0.2, 0.25) is 0 Å². The molecule has 1 aromatic carbocycles. The van der Waals surface area contributed by atoms with E-state index in [1.807, 2.05) is 0 Å². The van der Waals surface area contributed by atoms with Crippen LogP contribution in [-0.4, -0.2) is 49.1 Å². The molecule has 1 aromatic heterocycles. The fourth-order valence-electron chi connectivity index (χ4n) is 2.79. The highest BCUT2D eigenvalue weighted by atomic mass is 32.1. The van der Waals surface area contributed by atoms with E-state index in [0.717, 1.165) is 6.42 Å². The van der Waals surface area contributed by atoms with Crippen molar-refractivity contribution in [1.29, 1.82) is 0 Å². The van der Waals surface area contributed by atoms with Crippen molar-refractivity contribution in [1.82, 2.24) is 9.88 Å². The topological polar surface area (TPSA) is 72.0 Å². The van der Waals surface area contributed by atoms with Crippen molar-refractivity contribution in [3.8, 4) is 11.5 Å². The van der Waals surface area contributed by atoms with Gasteiger partial charge in [0.15, 0.2) is 16.6 Å². The van der Waals surface area contributed by atoms with Crippen molar-refractivity contribution >= 4 is 28.3 Å². The SMILES string of the molecule is COc1cccc(C(=O)N(CN2CCCC2=O)c2nccs2)c1OC. The summed E-state index contributed by atoms with van der Waals surface area (Å²) >= 11 is 1.35. The molecule has 2 heterocycles. The Morgan fingerprint density at radius 2 is 2.20 bits per heavy atom. The van der Waals surface area contributed by atoms with Gasteiger partial charge in [-0.25, -0.2) is 4.98 Å². The maximum Gasteiger partial charge on any atom is 0.265 e. The van der Waals surface area contributed by atoms with Gasteiger partial charge in [0.1, 0.15) is 6.67 Å². The summed E-state index contributed by atoms with van der Waals surface area (Å²) in [7, 11) is 3.01. The lowest BCUT2D eigenvalue weighted by molar-refractivity contribution is -0.127. The molecule has 2 amide bonds. The van der Waals surface area contributed by atoms with Gasteiger partial charge < -0.3 is 14.4 Å². The first-order valence-corrected chi connectivity index (χ1v) is 8.73. The number of rotatable bonds is 6. The molecule has 0 radical (unpaired) electrons. The van der Waals surface area contributed by atoms with E-state index in [0.29, 0.717) is 35.2 Å². The predicted octanol–water partition coefficient (Wildman–Crippen LogP) is 2.39. The van der Waals surface area contributed by atoms with Gasteiger partial charge >= 0.3 is 0 Å². The molecular weight excluding hydrogens is 342 g/mol. The van der Waals surface area contributed by atoms with E-state index in [-0.39, 0.29) is 18.5 Å². The molecule has 1 fully saturated rings. The number of methoxy groups -OCH3 is 2. The zero-order valence-corrected chi connectivity index (χ0v) is 14.9. The predicted molar refractivity (Wildman–Crippen MR) is 94.3 cm³/mol. The Morgan fingerprint density at radius 1 is 1.36 bits per heavy atom. The Hall–Kier alpha value is -2.61. The van der Waals surface area contributed by atoms with Crippen LogP contribution in [0.4, 0.5) is 5.13 Å². The molecule has 1 aliphatic heterocycles. The lowest BCUT2D eigenvalue weighted by atomic mass is 10.1. The summed E-state index contributed by atoms with van der Waals surface area (Å²) in [6.07, 6.45) is 2.96. The number of hydrogen-bond acceptors (Lipinski definition) is 6. The Morgan fingerprint density at radius 3 is 2.80 bits per heavy atom. The smallest absolute Gasteiger partial charge is 0.265 e. The standard InChI is InChI=1S/C17H19N3O4S/c1-23-13-6-3-5-12(15(13)24-2)16(22)20(17-18-8-10-25-17)11-19-9-4-7-14(19)21/h3,5-6,8,10H,4,7,9,11H2,1-2H3. The Kier molecular flexibility index (Phi) is 5.18. The van der Waals surface area contributed by atoms with Crippen LogP contribution in [-0.2, 0) is 4.79 Å². The first-order chi connectivity index (χ1) is 12.2. The van der Waals surface area contributed by atoms with Crippen LogP contribution < -0.4 is 14.4 Å². The Labute approximate surface area is 149 Å². The zero-order valence-electron chi connectivity index (χ0n) is 14.1. The number of thiazole rings is 1. The summed E-state index contributed by atoms with van der Waals surface area (Å²) in [6.45, 7) is 0.814. The normalized spacial score (nSPS) is 13.8. The first-order valence-electron chi connectivity index (χ1n) is 7.86. The highest BCUT2D eigenvalue weighted by Crippen LogP contribution is 2.33. The van der Waals surface area contributed by atoms with Crippen LogP contribution in [0.3, 0.4) is 0 Å². The summed E-state index contributed by atoms with van der Waals surface area (Å²) in [5.41, 5.74) is 0.365. The molecule has 0 aliphatic carbocycles. The van der Waals surface area contributed by atoms with Gasteiger partial charge in [-0.3, -0.25) is 14.5 Å². The van der Waals surface area contributed by atoms with Gasteiger partial charge in [-0.2, -0.15) is 0 Å². The molecule has 0 unspecified atom stereocenters. The number of amides is 2. The highest BCUT2D eigenvalue weighted by molar-refractivity contribution is 7.13. The number of hydrogen-bond donors (Lipinski definition) is 0. The second-order valence-electron chi connectivity index (χ2n) is 5.49. The summed E-state index contributed by atoms with van der Waals surface area (Å²) in [5, 5.41) is 2.33. The molecule has 1 saturated heterocycles. The minimum atomic E-state index is -0.287. The number of anilines is 1. The lowest BCUT2D eigenvalue weighted by Gasteiger charge is -2.26. The van der Waals surface area contributed by atoms with Crippen LogP contribution in [0.25, 0.3) is 0 Å². The Balaban J connectivity index is 1.96. The van der Waals surface area contributed by atoms with Gasteiger partial charge in [0.05, 0.1) is 19.8 Å². The van der Waals surface area contributed by atoms with Crippen molar-refractivity contribution in [2.75, 3.05) is 32.3 Å². The fourth-order valence-corrected chi connectivity index (χ4v) is 3.42. The van der Waals surface area contributed by atoms with Crippen LogP contribution >= 0.6 is 11.3 Å². The molecule has 0 N–H and O–H groups in total. The number of carbonyl (C=O) groups is 2. The van der Waals surface area contributed by atoms with Crippen molar-refractivity contribution in [2.24, 2.45) is 0 Å². The zero-order chi connectivity index (χ0) is 17.8. The van der Waals surface area contributed by atoms with E-state index in [2.05, 4.69) is 4.98 Å². The number of ether oxygens (including phenoxy) is 2. The van der Waals surface area contributed by atoms with Crippen molar-refractivity contribution in [3.05, 3.63) is 35.3 Å². The quantitative estimate of drug-likeness (QED) is 0.790. The third-order valence-electron chi connectivity index (χ3n) is 4.01. The van der Waals surface area contributed by atoms with E-state index in [4.69, 9.17) is 9.47 Å². The number of likely N-dealkylation sites (tertiary alicyclic amines) is 1. The minimum absolute atomic E-state index is 0.0481. The molecule has 0 spiro atoms. The van der Waals surface area contributed by atoms with E-state index < -0.39 is 0 Å². The molecule has 2 aromatic rings. The molecule has 0 saturated carbocycles.